The molecule has 0 saturated heterocycles. The van der Waals surface area contributed by atoms with E-state index in [4.69, 9.17) is 51.1 Å². The summed E-state index contributed by atoms with van der Waals surface area (Å²) >= 11 is 0. The van der Waals surface area contributed by atoms with E-state index in [2.05, 4.69) is 48.5 Å². The van der Waals surface area contributed by atoms with E-state index in [9.17, 15) is 47.9 Å². The molecule has 0 aromatic heterocycles. The molecular formula is C73H126O20. The van der Waals surface area contributed by atoms with E-state index in [-0.39, 0.29) is 52.8 Å². The van der Waals surface area contributed by atoms with Crippen LogP contribution in [0.3, 0.4) is 0 Å². The van der Waals surface area contributed by atoms with Gasteiger partial charge in [-0.1, -0.05) is 113 Å². The summed E-state index contributed by atoms with van der Waals surface area (Å²) in [5.74, 6) is -2.63. The molecule has 0 amide bonds. The Kier molecular flexibility index (Phi) is 41.0. The first kappa shape index (κ1) is 85.7. The van der Waals surface area contributed by atoms with E-state index < -0.39 is 65.1 Å². The molecule has 93 heavy (non-hydrogen) atoms. The van der Waals surface area contributed by atoms with Crippen molar-refractivity contribution >= 4 is 59.7 Å². The lowest BCUT2D eigenvalue weighted by Gasteiger charge is -2.35. The summed E-state index contributed by atoms with van der Waals surface area (Å²) in [7, 11) is 0. The van der Waals surface area contributed by atoms with Gasteiger partial charge in [0.05, 0.1) is 58.2 Å². The summed E-state index contributed by atoms with van der Waals surface area (Å²) in [5.41, 5.74) is -0.387. The van der Waals surface area contributed by atoms with Gasteiger partial charge < -0.3 is 51.1 Å². The third-order valence-corrected chi connectivity index (χ3v) is 21.5. The maximum atomic E-state index is 10.7. The second kappa shape index (κ2) is 44.4. The van der Waals surface area contributed by atoms with Gasteiger partial charge in [-0.3, -0.25) is 47.9 Å². The van der Waals surface area contributed by atoms with Crippen molar-refractivity contribution in [3.05, 3.63) is 0 Å². The van der Waals surface area contributed by atoms with Crippen molar-refractivity contribution in [3.63, 3.8) is 0 Å². The predicted octanol–water partition coefficient (Wildman–Crippen LogP) is 16.8. The quantitative estimate of drug-likeness (QED) is 0.0867. The molecule has 0 atom stereocenters. The molecule has 10 N–H and O–H groups in total. The topological polar surface area (TPSA) is 373 Å². The molecule has 0 spiro atoms. The van der Waals surface area contributed by atoms with Gasteiger partial charge in [-0.25, -0.2) is 0 Å². The van der Waals surface area contributed by atoms with Gasteiger partial charge in [0.15, 0.2) is 0 Å². The average molecular weight is 1320 g/mol. The maximum absolute atomic E-state index is 10.7. The predicted molar refractivity (Wildman–Crippen MR) is 356 cm³/mol. The van der Waals surface area contributed by atoms with Gasteiger partial charge in [0.2, 0.25) is 0 Å². The lowest BCUT2D eigenvalue weighted by atomic mass is 9.70. The number of rotatable bonds is 12. The van der Waals surface area contributed by atoms with Crippen LogP contribution >= 0.6 is 0 Å². The highest BCUT2D eigenvalue weighted by atomic mass is 16.4. The molecule has 10 fully saturated rings. The van der Waals surface area contributed by atoms with E-state index in [1.54, 1.807) is 6.92 Å². The highest BCUT2D eigenvalue weighted by Crippen LogP contribution is 2.45. The number of carboxylic acid groups (broad SMARTS) is 10. The Labute approximate surface area is 556 Å². The molecule has 0 aliphatic heterocycles. The first-order valence-corrected chi connectivity index (χ1v) is 35.8. The van der Waals surface area contributed by atoms with Crippen molar-refractivity contribution in [1.82, 2.24) is 0 Å². The highest BCUT2D eigenvalue weighted by Gasteiger charge is 2.45. The van der Waals surface area contributed by atoms with Gasteiger partial charge in [-0.2, -0.15) is 0 Å². The molecule has 20 heteroatoms. The minimum Gasteiger partial charge on any atom is -0.481 e. The van der Waals surface area contributed by atoms with Crippen LogP contribution in [0.4, 0.5) is 0 Å². The summed E-state index contributed by atoms with van der Waals surface area (Å²) in [6.07, 6.45) is 37.9. The second-order valence-corrected chi connectivity index (χ2v) is 30.6. The fourth-order valence-corrected chi connectivity index (χ4v) is 13.0. The monoisotopic (exact) mass is 1320 g/mol. The van der Waals surface area contributed by atoms with E-state index >= 15 is 0 Å². The third-order valence-electron chi connectivity index (χ3n) is 21.5. The summed E-state index contributed by atoms with van der Waals surface area (Å²) in [6, 6.07) is 0. The largest absolute Gasteiger partial charge is 0.481 e. The zero-order chi connectivity index (χ0) is 70.6. The van der Waals surface area contributed by atoms with Crippen LogP contribution < -0.4 is 0 Å². The van der Waals surface area contributed by atoms with Crippen molar-refractivity contribution < 1.29 is 99.0 Å². The highest BCUT2D eigenvalue weighted by molar-refractivity contribution is 5.77. The number of aliphatic carboxylic acids is 10. The van der Waals surface area contributed by atoms with Crippen LogP contribution in [0.2, 0.25) is 0 Å². The van der Waals surface area contributed by atoms with Gasteiger partial charge in [-0.05, 0) is 229 Å². The fraction of sp³-hybridized carbons (Fsp3) is 0.863. The number of carboxylic acids is 10. The van der Waals surface area contributed by atoms with Gasteiger partial charge in [0, 0.05) is 0 Å². The normalized spacial score (nSPS) is 26.8. The second-order valence-electron chi connectivity index (χ2n) is 30.6. The Morgan fingerprint density at radius 3 is 0.796 bits per heavy atom. The summed E-state index contributed by atoms with van der Waals surface area (Å²) in [4.78, 5) is 103. The zero-order valence-corrected chi connectivity index (χ0v) is 58.4. The van der Waals surface area contributed by atoms with Crippen molar-refractivity contribution in [1.29, 1.82) is 0 Å². The minimum atomic E-state index is -0.646. The molecule has 10 aliphatic rings. The van der Waals surface area contributed by atoms with Gasteiger partial charge >= 0.3 is 59.7 Å². The number of hydrogen-bond acceptors (Lipinski definition) is 10. The summed E-state index contributed by atoms with van der Waals surface area (Å²) in [6.45, 7) is 19.2. The van der Waals surface area contributed by atoms with Crippen LogP contribution in [0.1, 0.15) is 306 Å². The van der Waals surface area contributed by atoms with Crippen molar-refractivity contribution in [2.24, 2.45) is 93.2 Å². The first-order chi connectivity index (χ1) is 43.5. The molecule has 20 nitrogen and oxygen atoms in total. The summed E-state index contributed by atoms with van der Waals surface area (Å²) < 4.78 is 0. The lowest BCUT2D eigenvalue weighted by Crippen LogP contribution is -2.29. The molecular weight excluding hydrogens is 1200 g/mol. The fourth-order valence-electron chi connectivity index (χ4n) is 13.0. The molecule has 10 aliphatic carbocycles. The van der Waals surface area contributed by atoms with Crippen LogP contribution in [0.25, 0.3) is 0 Å². The number of carbonyl (C=O) groups is 10. The van der Waals surface area contributed by atoms with E-state index in [1.807, 2.05) is 6.92 Å². The molecule has 0 aromatic carbocycles. The molecule has 0 aromatic rings. The van der Waals surface area contributed by atoms with Crippen molar-refractivity contribution in [2.45, 2.75) is 306 Å². The molecule has 0 unspecified atom stereocenters. The first-order valence-electron chi connectivity index (χ1n) is 35.8. The average Bonchev–Trinajstić information content (AvgIpc) is 1.88. The molecule has 538 valence electrons. The molecule has 0 heterocycles. The zero-order valence-electron chi connectivity index (χ0n) is 58.4. The third kappa shape index (κ3) is 37.0. The Bertz CT molecular complexity index is 2210. The Morgan fingerprint density at radius 2 is 0.581 bits per heavy atom. The van der Waals surface area contributed by atoms with Crippen molar-refractivity contribution in [3.8, 4) is 0 Å². The molecule has 10 saturated carbocycles. The Hall–Kier alpha value is -5.30. The van der Waals surface area contributed by atoms with Crippen LogP contribution in [-0.4, -0.2) is 111 Å². The lowest BCUT2D eigenvalue weighted by molar-refractivity contribution is -0.150. The molecule has 0 bridgehead atoms. The summed E-state index contributed by atoms with van der Waals surface area (Å²) in [5, 5.41) is 85.3. The van der Waals surface area contributed by atoms with Crippen LogP contribution in [0.15, 0.2) is 0 Å². The molecule has 0 radical (unpaired) electrons. The van der Waals surface area contributed by atoms with Crippen molar-refractivity contribution in [2.75, 3.05) is 0 Å². The Morgan fingerprint density at radius 1 is 0.333 bits per heavy atom. The van der Waals surface area contributed by atoms with E-state index in [0.717, 1.165) is 248 Å². The van der Waals surface area contributed by atoms with Gasteiger partial charge in [-0.15, -0.1) is 0 Å². The SMILES string of the molecule is CC(C)(C)C1CCC(C(=O)O)CC1.CC(C)C1CCC(C(=O)O)CC1.CC1(C(=O)O)CC1.CC1(C(=O)O)CCCCC1.CC1CCC(C(=O)O)CC1.CCC1CCC(C(=O)O)CC1.O=C(O)C1CC1.O=C(O)C1CCC1.O=C(O)C1CCCC1.O=C(O)C1CCCCC1. The Balaban J connectivity index is 0.000000520. The van der Waals surface area contributed by atoms with E-state index in [0.29, 0.717) is 11.3 Å². The number of hydrogen-bond donors (Lipinski definition) is 10. The standard InChI is InChI=1S/C11H20O2.C10H18O2.C9H16O2.2C8H14O2.C7H12O2.C6H10O2.2C5H8O2.C4H6O2/c1-11(2,3)9-6-4-8(5-7-9)10(12)13;1-7(2)8-3-5-9(6-4-8)10(11)12;1-2-7-3-5-8(6-4-7)9(10)11;1-6-2-4-7(5-3-6)8(9)10;1-8(7(9)10)5-3-2-4-6-8;8-7(9)6-4-2-1-3-5-6;7-6(8)5-3-1-2-4-5;1-5(2-3-5)4(6)7;6-5(7)4-2-1-3-4;5-4(6)3-1-2-3/h8-9H,4-7H2,1-3H3,(H,12,13);7-9H,3-6H2,1-2H3,(H,11,12);7-8H,2-6H2,1H3,(H,10,11);6-7H,2-5H2,1H3,(H,9,10);2-6H2,1H3,(H,9,10);6H,1-5H2,(H,8,9);5H,1-4H2,(H,7,8);2-3H2,1H3,(H,6,7);4H,1-3H2,(H,6,7);3H,1-2H2,(H,5,6). The smallest absolute Gasteiger partial charge is 0.309 e. The van der Waals surface area contributed by atoms with Gasteiger partial charge in [0.1, 0.15) is 0 Å². The maximum Gasteiger partial charge on any atom is 0.309 e. The van der Waals surface area contributed by atoms with Crippen LogP contribution in [0.5, 0.6) is 0 Å². The van der Waals surface area contributed by atoms with Crippen LogP contribution in [0, 0.1) is 93.2 Å². The minimum absolute atomic E-state index is 0.000000000000000444. The molecule has 10 rings (SSSR count). The van der Waals surface area contributed by atoms with Gasteiger partial charge in [0.25, 0.3) is 0 Å². The van der Waals surface area contributed by atoms with Crippen LogP contribution in [-0.2, 0) is 47.9 Å². The van der Waals surface area contributed by atoms with E-state index in [1.165, 1.54) is 19.3 Å².